The van der Waals surface area contributed by atoms with E-state index in [2.05, 4.69) is 46.0 Å². The predicted molar refractivity (Wildman–Crippen MR) is 85.9 cm³/mol. The largest absolute Gasteiger partial charge is 0.466 e. The summed E-state index contributed by atoms with van der Waals surface area (Å²) in [7, 11) is 1.44. The molecule has 0 saturated carbocycles. The van der Waals surface area contributed by atoms with Crippen molar-refractivity contribution in [1.29, 1.82) is 0 Å². The Morgan fingerprint density at radius 1 is 1.45 bits per heavy atom. The summed E-state index contributed by atoms with van der Waals surface area (Å²) in [6, 6.07) is 6.23. The quantitative estimate of drug-likeness (QED) is 0.777. The minimum Gasteiger partial charge on any atom is -0.466 e. The lowest BCUT2D eigenvalue weighted by Gasteiger charge is -2.25. The van der Waals surface area contributed by atoms with Gasteiger partial charge in [0.2, 0.25) is 0 Å². The molecule has 0 spiro atoms. The van der Waals surface area contributed by atoms with Crippen LogP contribution in [0.5, 0.6) is 0 Å². The number of methoxy groups -OCH3 is 1. The molecule has 1 aromatic carbocycles. The molecule has 0 bridgehead atoms. The lowest BCUT2D eigenvalue weighted by atomic mass is 10.1. The van der Waals surface area contributed by atoms with Gasteiger partial charge in [-0.15, -0.1) is 0 Å². The third-order valence-electron chi connectivity index (χ3n) is 3.54. The van der Waals surface area contributed by atoms with Gasteiger partial charge in [-0.05, 0) is 42.7 Å². The van der Waals surface area contributed by atoms with E-state index in [-0.39, 0.29) is 5.97 Å². The number of unbranched alkanes of at least 4 members (excludes halogenated alkanes) is 1. The van der Waals surface area contributed by atoms with Crippen molar-refractivity contribution in [2.24, 2.45) is 0 Å². The molecule has 4 heteroatoms. The molecule has 0 radical (unpaired) electrons. The molecule has 2 rings (SSSR count). The zero-order valence-corrected chi connectivity index (χ0v) is 13.6. The van der Waals surface area contributed by atoms with Gasteiger partial charge in [0.25, 0.3) is 0 Å². The monoisotopic (exact) mass is 337 g/mol. The Kier molecular flexibility index (Phi) is 5.24. The summed E-state index contributed by atoms with van der Waals surface area (Å²) < 4.78 is 5.89. The second kappa shape index (κ2) is 6.93. The molecule has 0 aliphatic carbocycles. The molecular formula is C16H20BrNO2. The number of esters is 1. The van der Waals surface area contributed by atoms with Crippen molar-refractivity contribution in [3.8, 4) is 0 Å². The Balaban J connectivity index is 2.36. The third-order valence-corrected chi connectivity index (χ3v) is 4.03. The predicted octanol–water partition coefficient (Wildman–Crippen LogP) is 4.02. The van der Waals surface area contributed by atoms with Gasteiger partial charge in [0.15, 0.2) is 0 Å². The van der Waals surface area contributed by atoms with Crippen LogP contribution in [-0.4, -0.2) is 26.2 Å². The molecule has 3 nitrogen and oxygen atoms in total. The number of fused-ring (bicyclic) bond motifs is 1. The summed E-state index contributed by atoms with van der Waals surface area (Å²) in [5, 5.41) is 0. The van der Waals surface area contributed by atoms with Crippen molar-refractivity contribution in [3.63, 3.8) is 0 Å². The Hall–Kier alpha value is -1.29. The Labute approximate surface area is 128 Å². The fourth-order valence-corrected chi connectivity index (χ4v) is 2.82. The SMILES string of the molecule is CCCCN1CCC(C(=O)OC)=Cc2cc(Br)ccc21. The second-order valence-electron chi connectivity index (χ2n) is 4.95. The van der Waals surface area contributed by atoms with Gasteiger partial charge in [-0.25, -0.2) is 4.79 Å². The van der Waals surface area contributed by atoms with E-state index < -0.39 is 0 Å². The molecular weight excluding hydrogens is 318 g/mol. The first-order chi connectivity index (χ1) is 9.65. The van der Waals surface area contributed by atoms with Crippen molar-refractivity contribution in [1.82, 2.24) is 0 Å². The maximum Gasteiger partial charge on any atom is 0.333 e. The van der Waals surface area contributed by atoms with Gasteiger partial charge in [-0.2, -0.15) is 0 Å². The van der Waals surface area contributed by atoms with Crippen molar-refractivity contribution in [2.75, 3.05) is 25.1 Å². The van der Waals surface area contributed by atoms with Gasteiger partial charge in [0, 0.05) is 28.8 Å². The number of carbonyl (C=O) groups is 1. The van der Waals surface area contributed by atoms with Crippen molar-refractivity contribution in [2.45, 2.75) is 26.2 Å². The van der Waals surface area contributed by atoms with E-state index in [4.69, 9.17) is 4.74 Å². The molecule has 0 amide bonds. The molecule has 0 saturated heterocycles. The maximum absolute atomic E-state index is 11.8. The van der Waals surface area contributed by atoms with Crippen LogP contribution in [0.2, 0.25) is 0 Å². The lowest BCUT2D eigenvalue weighted by Crippen LogP contribution is -2.26. The number of nitrogens with zero attached hydrogens (tertiary/aromatic N) is 1. The van der Waals surface area contributed by atoms with Crippen LogP contribution in [0.25, 0.3) is 6.08 Å². The van der Waals surface area contributed by atoms with Crippen LogP contribution in [0.1, 0.15) is 31.7 Å². The standard InChI is InChI=1S/C16H20BrNO2/c1-3-4-8-18-9-7-12(16(19)20-2)10-13-11-14(17)5-6-15(13)18/h5-6,10-11H,3-4,7-9H2,1-2H3. The highest BCUT2D eigenvalue weighted by molar-refractivity contribution is 9.10. The van der Waals surface area contributed by atoms with Crippen LogP contribution >= 0.6 is 15.9 Å². The summed E-state index contributed by atoms with van der Waals surface area (Å²) in [4.78, 5) is 14.2. The van der Waals surface area contributed by atoms with Gasteiger partial charge in [-0.1, -0.05) is 29.3 Å². The molecule has 1 aliphatic heterocycles. The molecule has 1 heterocycles. The van der Waals surface area contributed by atoms with Crippen LogP contribution in [0, 0.1) is 0 Å². The van der Waals surface area contributed by atoms with E-state index in [1.165, 1.54) is 19.2 Å². The summed E-state index contributed by atoms with van der Waals surface area (Å²) >= 11 is 3.50. The van der Waals surface area contributed by atoms with Crippen molar-refractivity contribution < 1.29 is 9.53 Å². The topological polar surface area (TPSA) is 29.5 Å². The summed E-state index contributed by atoms with van der Waals surface area (Å²) in [6.07, 6.45) is 5.00. The van der Waals surface area contributed by atoms with Gasteiger partial charge >= 0.3 is 5.97 Å². The first-order valence-corrected chi connectivity index (χ1v) is 7.78. The summed E-state index contributed by atoms with van der Waals surface area (Å²) in [5.41, 5.74) is 3.01. The zero-order valence-electron chi connectivity index (χ0n) is 12.0. The van der Waals surface area contributed by atoms with Crippen molar-refractivity contribution >= 4 is 33.7 Å². The van der Waals surface area contributed by atoms with Gasteiger partial charge in [0.1, 0.15) is 0 Å². The zero-order chi connectivity index (χ0) is 14.5. The first-order valence-electron chi connectivity index (χ1n) is 6.99. The first kappa shape index (κ1) is 15.1. The normalized spacial score (nSPS) is 14.3. The fourth-order valence-electron chi connectivity index (χ4n) is 2.44. The molecule has 0 fully saturated rings. The van der Waals surface area contributed by atoms with Crippen LogP contribution < -0.4 is 4.90 Å². The average molecular weight is 338 g/mol. The molecule has 1 aromatic rings. The minimum atomic E-state index is -0.228. The number of rotatable bonds is 4. The van der Waals surface area contributed by atoms with Crippen LogP contribution in [-0.2, 0) is 9.53 Å². The average Bonchev–Trinajstić information content (AvgIpc) is 2.63. The molecule has 0 atom stereocenters. The van der Waals surface area contributed by atoms with E-state index in [0.29, 0.717) is 0 Å². The molecule has 0 aromatic heterocycles. The summed E-state index contributed by atoms with van der Waals surface area (Å²) in [6.45, 7) is 4.07. The van der Waals surface area contributed by atoms with Gasteiger partial charge < -0.3 is 9.64 Å². The lowest BCUT2D eigenvalue weighted by molar-refractivity contribution is -0.136. The molecule has 108 valence electrons. The van der Waals surface area contributed by atoms with E-state index >= 15 is 0 Å². The smallest absolute Gasteiger partial charge is 0.333 e. The van der Waals surface area contributed by atoms with E-state index in [1.54, 1.807) is 0 Å². The van der Waals surface area contributed by atoms with Gasteiger partial charge in [0.05, 0.1) is 7.11 Å². The van der Waals surface area contributed by atoms with Crippen LogP contribution in [0.4, 0.5) is 5.69 Å². The number of ether oxygens (including phenoxy) is 1. The number of halogens is 1. The maximum atomic E-state index is 11.8. The molecule has 20 heavy (non-hydrogen) atoms. The minimum absolute atomic E-state index is 0.228. The Bertz CT molecular complexity index is 525. The van der Waals surface area contributed by atoms with Crippen LogP contribution in [0.3, 0.4) is 0 Å². The second-order valence-corrected chi connectivity index (χ2v) is 5.87. The third kappa shape index (κ3) is 3.42. The Morgan fingerprint density at radius 2 is 2.25 bits per heavy atom. The molecule has 0 N–H and O–H groups in total. The number of hydrogen-bond acceptors (Lipinski definition) is 3. The van der Waals surface area contributed by atoms with Crippen LogP contribution in [0.15, 0.2) is 28.2 Å². The highest BCUT2D eigenvalue weighted by atomic mass is 79.9. The number of anilines is 1. The van der Waals surface area contributed by atoms with E-state index in [0.717, 1.165) is 41.5 Å². The number of benzene rings is 1. The number of carbonyl (C=O) groups excluding carboxylic acids is 1. The Morgan fingerprint density at radius 3 is 2.95 bits per heavy atom. The van der Waals surface area contributed by atoms with E-state index in [1.807, 2.05) is 6.08 Å². The van der Waals surface area contributed by atoms with Crippen molar-refractivity contribution in [3.05, 3.63) is 33.8 Å². The highest BCUT2D eigenvalue weighted by Gasteiger charge is 2.19. The molecule has 0 unspecified atom stereocenters. The molecule has 1 aliphatic rings. The number of hydrogen-bond donors (Lipinski definition) is 0. The fraction of sp³-hybridized carbons (Fsp3) is 0.438. The van der Waals surface area contributed by atoms with Gasteiger partial charge in [-0.3, -0.25) is 0 Å². The summed E-state index contributed by atoms with van der Waals surface area (Å²) in [5.74, 6) is -0.228. The highest BCUT2D eigenvalue weighted by Crippen LogP contribution is 2.31. The van der Waals surface area contributed by atoms with E-state index in [9.17, 15) is 4.79 Å².